The number of sulfonamides is 1. The number of halogens is 1. The van der Waals surface area contributed by atoms with Crippen LogP contribution in [0.4, 0.5) is 0 Å². The summed E-state index contributed by atoms with van der Waals surface area (Å²) < 4.78 is 58.2. The number of amides is 1. The number of hydrogen-bond acceptors (Lipinski definition) is 6. The third-order valence-electron chi connectivity index (χ3n) is 6.66. The lowest BCUT2D eigenvalue weighted by Crippen LogP contribution is -2.46. The van der Waals surface area contributed by atoms with Crippen LogP contribution in [0.5, 0.6) is 0 Å². The van der Waals surface area contributed by atoms with Crippen LogP contribution in [0.2, 0.25) is 0 Å². The number of piperidine rings is 1. The van der Waals surface area contributed by atoms with Gasteiger partial charge in [0.05, 0.1) is 22.0 Å². The Hall–Kier alpha value is -3.50. The summed E-state index contributed by atoms with van der Waals surface area (Å²) in [6, 6.07) is 20.6. The van der Waals surface area contributed by atoms with Gasteiger partial charge in [-0.3, -0.25) is 4.79 Å². The van der Waals surface area contributed by atoms with E-state index in [4.69, 9.17) is 5.26 Å². The van der Waals surface area contributed by atoms with Crippen LogP contribution in [0.25, 0.3) is 10.9 Å². The van der Waals surface area contributed by atoms with Crippen LogP contribution in [0.3, 0.4) is 0 Å². The molecular formula is C27H23BrN4O5S2. The summed E-state index contributed by atoms with van der Waals surface area (Å²) in [5, 5.41) is 9.21. The topological polar surface area (TPSA) is 129 Å². The minimum atomic E-state index is -4.13. The maximum Gasteiger partial charge on any atom is 0.268 e. The molecule has 3 aromatic carbocycles. The molecule has 1 aromatic heterocycles. The van der Waals surface area contributed by atoms with Gasteiger partial charge >= 0.3 is 0 Å². The Bertz CT molecular complexity index is 1810. The highest BCUT2D eigenvalue weighted by atomic mass is 79.9. The number of nitrogens with one attached hydrogen (secondary N) is 1. The molecule has 1 aliphatic heterocycles. The molecule has 1 N–H and O–H groups in total. The van der Waals surface area contributed by atoms with E-state index in [9.17, 15) is 21.6 Å². The van der Waals surface area contributed by atoms with Gasteiger partial charge in [-0.2, -0.15) is 5.26 Å². The highest BCUT2D eigenvalue weighted by Gasteiger charge is 2.31. The third-order valence-corrected chi connectivity index (χ3v) is 10.5. The van der Waals surface area contributed by atoms with E-state index < -0.39 is 26.1 Å². The van der Waals surface area contributed by atoms with Gasteiger partial charge in [-0.25, -0.2) is 25.5 Å². The van der Waals surface area contributed by atoms with Gasteiger partial charge in [-0.05, 0) is 61.4 Å². The van der Waals surface area contributed by atoms with Crippen molar-refractivity contribution in [1.82, 2.24) is 13.6 Å². The van der Waals surface area contributed by atoms with Crippen LogP contribution >= 0.6 is 15.9 Å². The first-order valence-electron chi connectivity index (χ1n) is 12.0. The van der Waals surface area contributed by atoms with Crippen molar-refractivity contribution >= 4 is 52.8 Å². The summed E-state index contributed by atoms with van der Waals surface area (Å²) in [6.45, 7) is 0.694. The van der Waals surface area contributed by atoms with Gasteiger partial charge in [0.15, 0.2) is 0 Å². The minimum absolute atomic E-state index is 0.0399. The van der Waals surface area contributed by atoms with Crippen LogP contribution < -0.4 is 4.72 Å². The van der Waals surface area contributed by atoms with Gasteiger partial charge < -0.3 is 4.90 Å². The lowest BCUT2D eigenvalue weighted by Gasteiger charge is -2.32. The molecule has 1 aliphatic rings. The monoisotopic (exact) mass is 626 g/mol. The van der Waals surface area contributed by atoms with E-state index in [1.807, 2.05) is 6.07 Å². The van der Waals surface area contributed by atoms with E-state index in [0.29, 0.717) is 41.5 Å². The molecule has 0 radical (unpaired) electrons. The summed E-state index contributed by atoms with van der Waals surface area (Å²) in [5.74, 6) is -0.182. The van der Waals surface area contributed by atoms with Gasteiger partial charge in [0.1, 0.15) is 4.90 Å². The zero-order chi connectivity index (χ0) is 27.8. The first-order valence-corrected chi connectivity index (χ1v) is 15.8. The number of likely N-dealkylation sites (tertiary alicyclic amines) is 1. The first kappa shape index (κ1) is 27.1. The number of benzene rings is 3. The number of nitrogens with zero attached hydrogens (tertiary/aromatic N) is 3. The lowest BCUT2D eigenvalue weighted by molar-refractivity contribution is 0.0711. The van der Waals surface area contributed by atoms with Gasteiger partial charge in [0.25, 0.3) is 15.9 Å². The van der Waals surface area contributed by atoms with Crippen molar-refractivity contribution in [1.29, 1.82) is 5.26 Å². The number of carbonyl (C=O) groups is 1. The quantitative estimate of drug-likeness (QED) is 0.343. The molecule has 0 spiro atoms. The predicted octanol–water partition coefficient (Wildman–Crippen LogP) is 4.10. The summed E-state index contributed by atoms with van der Waals surface area (Å²) in [4.78, 5) is 14.4. The van der Waals surface area contributed by atoms with Crippen molar-refractivity contribution in [3.8, 4) is 6.07 Å². The van der Waals surface area contributed by atoms with E-state index in [-0.39, 0.29) is 26.6 Å². The van der Waals surface area contributed by atoms with Gasteiger partial charge in [-0.1, -0.05) is 40.2 Å². The molecule has 200 valence electrons. The number of nitriles is 1. The maximum absolute atomic E-state index is 13.6. The zero-order valence-electron chi connectivity index (χ0n) is 20.5. The van der Waals surface area contributed by atoms with E-state index in [2.05, 4.69) is 20.7 Å². The average Bonchev–Trinajstić information content (AvgIpc) is 3.37. The molecule has 5 rings (SSSR count). The molecule has 0 aliphatic carbocycles. The van der Waals surface area contributed by atoms with Crippen molar-refractivity contribution < 1.29 is 21.6 Å². The molecule has 12 heteroatoms. The van der Waals surface area contributed by atoms with Gasteiger partial charge in [0.2, 0.25) is 10.0 Å². The van der Waals surface area contributed by atoms with E-state index >= 15 is 0 Å². The Morgan fingerprint density at radius 3 is 2.23 bits per heavy atom. The highest BCUT2D eigenvalue weighted by Crippen LogP contribution is 2.34. The standard InChI is InChI=1S/C27H23BrN4O5S2/c28-23-7-4-8-24-26(23)25(18-32(24)39(36,37)22-5-2-1-3-6-22)38(34,35)30-21-13-15-31(16-14-21)27(33)20-11-9-19(17-29)10-12-20/h1-12,18,21,30H,13-16H2. The van der Waals surface area contributed by atoms with E-state index in [1.54, 1.807) is 65.6 Å². The molecule has 4 aromatic rings. The molecule has 1 amide bonds. The third kappa shape index (κ3) is 5.23. The smallest absolute Gasteiger partial charge is 0.268 e. The molecule has 1 fully saturated rings. The Labute approximate surface area is 234 Å². The normalized spacial score (nSPS) is 14.8. The maximum atomic E-state index is 13.6. The minimum Gasteiger partial charge on any atom is -0.339 e. The van der Waals surface area contributed by atoms with Crippen molar-refractivity contribution in [3.63, 3.8) is 0 Å². The Kier molecular flexibility index (Phi) is 7.35. The second-order valence-electron chi connectivity index (χ2n) is 9.12. The Morgan fingerprint density at radius 1 is 0.923 bits per heavy atom. The molecular weight excluding hydrogens is 604 g/mol. The number of rotatable bonds is 6. The number of aromatic nitrogens is 1. The predicted molar refractivity (Wildman–Crippen MR) is 149 cm³/mol. The second-order valence-corrected chi connectivity index (χ2v) is 13.5. The SMILES string of the molecule is N#Cc1ccc(C(=O)N2CCC(NS(=O)(=O)c3cn(S(=O)(=O)c4ccccc4)c4cccc(Br)c34)CC2)cc1. The fraction of sp³-hybridized carbons (Fsp3) is 0.185. The van der Waals surface area contributed by atoms with Crippen molar-refractivity contribution in [2.75, 3.05) is 13.1 Å². The molecule has 0 saturated carbocycles. The summed E-state index contributed by atoms with van der Waals surface area (Å²) in [6.07, 6.45) is 1.93. The summed E-state index contributed by atoms with van der Waals surface area (Å²) in [5.41, 5.74) is 1.16. The number of carbonyl (C=O) groups excluding carboxylic acids is 1. The second kappa shape index (κ2) is 10.6. The average molecular weight is 628 g/mol. The Balaban J connectivity index is 1.39. The van der Waals surface area contributed by atoms with Gasteiger partial charge in [0, 0.05) is 40.8 Å². The molecule has 0 unspecified atom stereocenters. The lowest BCUT2D eigenvalue weighted by atomic mass is 10.0. The molecule has 1 saturated heterocycles. The van der Waals surface area contributed by atoms with Gasteiger partial charge in [-0.15, -0.1) is 0 Å². The number of fused-ring (bicyclic) bond motifs is 1. The first-order chi connectivity index (χ1) is 18.6. The van der Waals surface area contributed by atoms with Crippen LogP contribution in [-0.2, 0) is 20.0 Å². The van der Waals surface area contributed by atoms with Crippen molar-refractivity contribution in [3.05, 3.63) is 94.6 Å². The van der Waals surface area contributed by atoms with Crippen molar-refractivity contribution in [2.45, 2.75) is 28.7 Å². The Morgan fingerprint density at radius 2 is 1.59 bits per heavy atom. The molecule has 0 bridgehead atoms. The van der Waals surface area contributed by atoms with Crippen molar-refractivity contribution in [2.24, 2.45) is 0 Å². The summed E-state index contributed by atoms with van der Waals surface area (Å²) in [7, 11) is -8.19. The molecule has 2 heterocycles. The fourth-order valence-corrected chi connectivity index (χ4v) is 8.32. The zero-order valence-corrected chi connectivity index (χ0v) is 23.7. The molecule has 9 nitrogen and oxygen atoms in total. The summed E-state index contributed by atoms with van der Waals surface area (Å²) >= 11 is 3.39. The fourth-order valence-electron chi connectivity index (χ4n) is 4.64. The van der Waals surface area contributed by atoms with Crippen LogP contribution in [-0.4, -0.2) is 50.7 Å². The molecule has 39 heavy (non-hydrogen) atoms. The highest BCUT2D eigenvalue weighted by molar-refractivity contribution is 9.10. The van der Waals surface area contributed by atoms with Crippen LogP contribution in [0.15, 0.2) is 93.3 Å². The van der Waals surface area contributed by atoms with E-state index in [1.165, 1.54) is 12.1 Å². The molecule has 0 atom stereocenters. The van der Waals surface area contributed by atoms with Crippen LogP contribution in [0, 0.1) is 11.3 Å². The number of hydrogen-bond donors (Lipinski definition) is 1. The van der Waals surface area contributed by atoms with Crippen LogP contribution in [0.1, 0.15) is 28.8 Å². The largest absolute Gasteiger partial charge is 0.339 e. The van der Waals surface area contributed by atoms with E-state index in [0.717, 1.165) is 10.2 Å².